The highest BCUT2D eigenvalue weighted by Crippen LogP contribution is 2.24. The van der Waals surface area contributed by atoms with E-state index in [0.717, 1.165) is 18.7 Å². The molecule has 0 aliphatic rings. The van der Waals surface area contributed by atoms with Crippen molar-refractivity contribution in [3.8, 4) is 0 Å². The Morgan fingerprint density at radius 2 is 2.11 bits per heavy atom. The largest absolute Gasteiger partial charge is 0.396 e. The number of aliphatic hydroxyl groups excluding tert-OH is 1. The summed E-state index contributed by atoms with van der Waals surface area (Å²) in [5.74, 6) is -0.190. The number of nitrogens with one attached hydrogen (secondary N) is 1. The zero-order valence-corrected chi connectivity index (χ0v) is 11.2. The Balaban J connectivity index is 2.94. The van der Waals surface area contributed by atoms with Crippen LogP contribution in [-0.2, 0) is 6.54 Å². The van der Waals surface area contributed by atoms with Crippen molar-refractivity contribution in [2.45, 2.75) is 26.8 Å². The number of rotatable bonds is 8. The van der Waals surface area contributed by atoms with E-state index in [1.807, 2.05) is 24.8 Å². The van der Waals surface area contributed by atoms with Crippen molar-refractivity contribution in [2.24, 2.45) is 0 Å². The maximum absolute atomic E-state index is 14.0. The summed E-state index contributed by atoms with van der Waals surface area (Å²) in [5.41, 5.74) is 1.63. The molecule has 0 saturated heterocycles. The summed E-state index contributed by atoms with van der Waals surface area (Å²) in [4.78, 5) is 1.98. The van der Waals surface area contributed by atoms with Crippen molar-refractivity contribution in [1.29, 1.82) is 0 Å². The van der Waals surface area contributed by atoms with E-state index in [1.165, 1.54) is 6.07 Å². The number of benzene rings is 1. The van der Waals surface area contributed by atoms with Crippen LogP contribution in [0.25, 0.3) is 0 Å². The van der Waals surface area contributed by atoms with Gasteiger partial charge in [-0.3, -0.25) is 0 Å². The van der Waals surface area contributed by atoms with Crippen LogP contribution in [0.5, 0.6) is 0 Å². The number of nitrogens with zero attached hydrogens (tertiary/aromatic N) is 1. The van der Waals surface area contributed by atoms with Crippen molar-refractivity contribution < 1.29 is 9.50 Å². The number of hydrogen-bond donors (Lipinski definition) is 2. The summed E-state index contributed by atoms with van der Waals surface area (Å²) in [6.07, 6.45) is 0.656. The molecule has 1 aromatic rings. The molecule has 0 fully saturated rings. The average Bonchev–Trinajstić information content (AvgIpc) is 2.39. The van der Waals surface area contributed by atoms with Gasteiger partial charge in [-0.05, 0) is 31.5 Å². The Morgan fingerprint density at radius 3 is 2.72 bits per heavy atom. The molecule has 0 radical (unpaired) electrons. The quantitative estimate of drug-likeness (QED) is 0.746. The van der Waals surface area contributed by atoms with Gasteiger partial charge >= 0.3 is 0 Å². The van der Waals surface area contributed by atoms with E-state index >= 15 is 0 Å². The molecule has 3 nitrogen and oxygen atoms in total. The second-order valence-corrected chi connectivity index (χ2v) is 4.18. The lowest BCUT2D eigenvalue weighted by Gasteiger charge is -2.26. The lowest BCUT2D eigenvalue weighted by molar-refractivity contribution is 0.289. The van der Waals surface area contributed by atoms with Gasteiger partial charge in [0, 0.05) is 26.2 Å². The minimum Gasteiger partial charge on any atom is -0.396 e. The predicted octanol–water partition coefficient (Wildman–Crippen LogP) is 2.14. The molecule has 0 heterocycles. The minimum atomic E-state index is -0.190. The maximum atomic E-state index is 14.0. The maximum Gasteiger partial charge on any atom is 0.146 e. The van der Waals surface area contributed by atoms with Crippen LogP contribution < -0.4 is 10.2 Å². The molecule has 102 valence electrons. The van der Waals surface area contributed by atoms with Gasteiger partial charge in [0.1, 0.15) is 5.82 Å². The van der Waals surface area contributed by atoms with E-state index in [1.54, 1.807) is 6.07 Å². The molecule has 0 spiro atoms. The smallest absolute Gasteiger partial charge is 0.146 e. The Hall–Kier alpha value is -1.13. The second kappa shape index (κ2) is 8.06. The summed E-state index contributed by atoms with van der Waals surface area (Å²) in [6.45, 7) is 7.10. The first-order valence-corrected chi connectivity index (χ1v) is 6.58. The van der Waals surface area contributed by atoms with Gasteiger partial charge in [-0.25, -0.2) is 4.39 Å². The molecule has 0 atom stereocenters. The molecule has 0 saturated carbocycles. The SMILES string of the molecule is CCNCc1cccc(F)c1N(CC)CCCO. The van der Waals surface area contributed by atoms with Gasteiger partial charge in [0.05, 0.1) is 5.69 Å². The molecule has 0 amide bonds. The topological polar surface area (TPSA) is 35.5 Å². The van der Waals surface area contributed by atoms with Crippen LogP contribution in [0.15, 0.2) is 18.2 Å². The fourth-order valence-corrected chi connectivity index (χ4v) is 2.01. The van der Waals surface area contributed by atoms with Gasteiger partial charge in [-0.15, -0.1) is 0 Å². The van der Waals surface area contributed by atoms with Crippen molar-refractivity contribution in [3.05, 3.63) is 29.6 Å². The van der Waals surface area contributed by atoms with Crippen LogP contribution in [0.3, 0.4) is 0 Å². The fourth-order valence-electron chi connectivity index (χ4n) is 2.01. The van der Waals surface area contributed by atoms with Crippen LogP contribution in [-0.4, -0.2) is 31.3 Å². The zero-order chi connectivity index (χ0) is 13.4. The van der Waals surface area contributed by atoms with Gasteiger partial charge in [0.2, 0.25) is 0 Å². The molecule has 18 heavy (non-hydrogen) atoms. The van der Waals surface area contributed by atoms with E-state index in [2.05, 4.69) is 5.32 Å². The van der Waals surface area contributed by atoms with E-state index in [9.17, 15) is 4.39 Å². The first kappa shape index (κ1) is 14.9. The molecule has 1 rings (SSSR count). The fraction of sp³-hybridized carbons (Fsp3) is 0.571. The van der Waals surface area contributed by atoms with Gasteiger partial charge in [-0.1, -0.05) is 19.1 Å². The van der Waals surface area contributed by atoms with Crippen LogP contribution >= 0.6 is 0 Å². The average molecular weight is 254 g/mol. The predicted molar refractivity (Wildman–Crippen MR) is 73.4 cm³/mol. The number of anilines is 1. The van der Waals surface area contributed by atoms with Crippen LogP contribution in [0.1, 0.15) is 25.8 Å². The molecular formula is C14H23FN2O. The molecule has 0 aromatic heterocycles. The van der Waals surface area contributed by atoms with Crippen molar-refractivity contribution in [1.82, 2.24) is 5.32 Å². The normalized spacial score (nSPS) is 10.7. The third kappa shape index (κ3) is 3.96. The van der Waals surface area contributed by atoms with Gasteiger partial charge < -0.3 is 15.3 Å². The highest BCUT2D eigenvalue weighted by Gasteiger charge is 2.14. The highest BCUT2D eigenvalue weighted by molar-refractivity contribution is 5.54. The third-order valence-electron chi connectivity index (χ3n) is 2.92. The van der Waals surface area contributed by atoms with Crippen molar-refractivity contribution in [2.75, 3.05) is 31.1 Å². The monoisotopic (exact) mass is 254 g/mol. The molecule has 0 unspecified atom stereocenters. The first-order valence-electron chi connectivity index (χ1n) is 6.58. The number of hydrogen-bond acceptors (Lipinski definition) is 3. The number of aliphatic hydroxyl groups is 1. The Morgan fingerprint density at radius 1 is 1.33 bits per heavy atom. The number of para-hydroxylation sites is 1. The van der Waals surface area contributed by atoms with Gasteiger partial charge in [-0.2, -0.15) is 0 Å². The zero-order valence-electron chi connectivity index (χ0n) is 11.2. The summed E-state index contributed by atoms with van der Waals surface area (Å²) in [7, 11) is 0. The molecule has 1 aromatic carbocycles. The summed E-state index contributed by atoms with van der Waals surface area (Å²) < 4.78 is 14.0. The van der Waals surface area contributed by atoms with Crippen molar-refractivity contribution >= 4 is 5.69 Å². The van der Waals surface area contributed by atoms with E-state index in [0.29, 0.717) is 25.2 Å². The van der Waals surface area contributed by atoms with Gasteiger partial charge in [0.15, 0.2) is 0 Å². The summed E-state index contributed by atoms with van der Waals surface area (Å²) >= 11 is 0. The van der Waals surface area contributed by atoms with Crippen LogP contribution in [0, 0.1) is 5.82 Å². The molecule has 0 aliphatic heterocycles. The number of halogens is 1. The second-order valence-electron chi connectivity index (χ2n) is 4.18. The van der Waals surface area contributed by atoms with Crippen LogP contribution in [0.2, 0.25) is 0 Å². The first-order chi connectivity index (χ1) is 8.74. The van der Waals surface area contributed by atoms with Gasteiger partial charge in [0.25, 0.3) is 0 Å². The Kier molecular flexibility index (Phi) is 6.68. The van der Waals surface area contributed by atoms with E-state index in [4.69, 9.17) is 5.11 Å². The van der Waals surface area contributed by atoms with Crippen LogP contribution in [0.4, 0.5) is 10.1 Å². The molecule has 4 heteroatoms. The Labute approximate surface area is 109 Å². The van der Waals surface area contributed by atoms with E-state index < -0.39 is 0 Å². The highest BCUT2D eigenvalue weighted by atomic mass is 19.1. The standard InChI is InChI=1S/C14H23FN2O/c1-3-16-11-12-7-5-8-13(15)14(12)17(4-2)9-6-10-18/h5,7-8,16,18H,3-4,6,9-11H2,1-2H3. The third-order valence-corrected chi connectivity index (χ3v) is 2.92. The summed E-state index contributed by atoms with van der Waals surface area (Å²) in [6, 6.07) is 5.18. The lowest BCUT2D eigenvalue weighted by Crippen LogP contribution is -2.28. The Bertz CT molecular complexity index is 358. The van der Waals surface area contributed by atoms with Crippen molar-refractivity contribution in [3.63, 3.8) is 0 Å². The lowest BCUT2D eigenvalue weighted by atomic mass is 10.1. The van der Waals surface area contributed by atoms with E-state index in [-0.39, 0.29) is 12.4 Å². The molecular weight excluding hydrogens is 231 g/mol. The minimum absolute atomic E-state index is 0.132. The summed E-state index contributed by atoms with van der Waals surface area (Å²) in [5, 5.41) is 12.1. The molecule has 0 bridgehead atoms. The molecule has 2 N–H and O–H groups in total. The molecule has 0 aliphatic carbocycles.